The van der Waals surface area contributed by atoms with Crippen LogP contribution in [-0.4, -0.2) is 35.1 Å². The maximum absolute atomic E-state index is 12.0. The van der Waals surface area contributed by atoms with Crippen LogP contribution in [0.3, 0.4) is 0 Å². The summed E-state index contributed by atoms with van der Waals surface area (Å²) in [7, 11) is 0. The average molecular weight is 328 g/mol. The lowest BCUT2D eigenvalue weighted by Gasteiger charge is -2.13. The van der Waals surface area contributed by atoms with Gasteiger partial charge < -0.3 is 15.2 Å². The molecular formula is C18H20N2O4. The maximum atomic E-state index is 12.0. The van der Waals surface area contributed by atoms with E-state index < -0.39 is 5.97 Å². The number of hydrogen-bond donors (Lipinski definition) is 2. The molecule has 0 bridgehead atoms. The maximum Gasteiger partial charge on any atom is 0.354 e. The van der Waals surface area contributed by atoms with Crippen LogP contribution in [0.4, 0.5) is 0 Å². The summed E-state index contributed by atoms with van der Waals surface area (Å²) in [5.74, 6) is -1.25. The number of aromatic nitrogens is 1. The van der Waals surface area contributed by atoms with Crippen LogP contribution in [0, 0.1) is 5.92 Å². The van der Waals surface area contributed by atoms with E-state index in [2.05, 4.69) is 10.3 Å². The smallest absolute Gasteiger partial charge is 0.354 e. The van der Waals surface area contributed by atoms with Gasteiger partial charge in [-0.1, -0.05) is 37.3 Å². The van der Waals surface area contributed by atoms with Crippen molar-refractivity contribution in [3.63, 3.8) is 0 Å². The molecule has 0 saturated heterocycles. The number of aromatic carboxylic acids is 1. The van der Waals surface area contributed by atoms with Crippen LogP contribution in [0.15, 0.2) is 48.7 Å². The fourth-order valence-electron chi connectivity index (χ4n) is 2.03. The van der Waals surface area contributed by atoms with Crippen LogP contribution in [-0.2, 0) is 11.3 Å². The van der Waals surface area contributed by atoms with E-state index in [-0.39, 0.29) is 17.5 Å². The highest BCUT2D eigenvalue weighted by Gasteiger charge is 2.10. The zero-order valence-corrected chi connectivity index (χ0v) is 13.4. The highest BCUT2D eigenvalue weighted by molar-refractivity contribution is 5.94. The highest BCUT2D eigenvalue weighted by atomic mass is 16.5. The molecule has 1 amide bonds. The van der Waals surface area contributed by atoms with Crippen LogP contribution in [0.25, 0.3) is 0 Å². The van der Waals surface area contributed by atoms with Crippen LogP contribution in [0.2, 0.25) is 0 Å². The lowest BCUT2D eigenvalue weighted by Crippen LogP contribution is -2.30. The van der Waals surface area contributed by atoms with Gasteiger partial charge in [-0.2, -0.15) is 0 Å². The van der Waals surface area contributed by atoms with Gasteiger partial charge >= 0.3 is 5.97 Å². The Hall–Kier alpha value is -2.73. The van der Waals surface area contributed by atoms with Crippen molar-refractivity contribution in [2.45, 2.75) is 13.5 Å². The van der Waals surface area contributed by atoms with Gasteiger partial charge in [0.15, 0.2) is 0 Å². The fourth-order valence-corrected chi connectivity index (χ4v) is 2.03. The molecule has 0 radical (unpaired) electrons. The third-order valence-corrected chi connectivity index (χ3v) is 3.37. The molecule has 2 aromatic rings. The highest BCUT2D eigenvalue weighted by Crippen LogP contribution is 2.04. The quantitative estimate of drug-likeness (QED) is 0.776. The van der Waals surface area contributed by atoms with E-state index in [9.17, 15) is 9.59 Å². The van der Waals surface area contributed by atoms with Crippen LogP contribution < -0.4 is 5.32 Å². The lowest BCUT2D eigenvalue weighted by molar-refractivity contribution is 0.0689. The molecule has 1 unspecified atom stereocenters. The van der Waals surface area contributed by atoms with Gasteiger partial charge in [-0.15, -0.1) is 0 Å². The van der Waals surface area contributed by atoms with Gasteiger partial charge in [0, 0.05) is 12.7 Å². The second-order valence-corrected chi connectivity index (χ2v) is 5.55. The summed E-state index contributed by atoms with van der Waals surface area (Å²) in [5.41, 5.74) is 1.35. The van der Waals surface area contributed by atoms with Crippen molar-refractivity contribution in [2.75, 3.05) is 13.2 Å². The first-order chi connectivity index (χ1) is 11.6. The Morgan fingerprint density at radius 2 is 1.96 bits per heavy atom. The average Bonchev–Trinajstić information content (AvgIpc) is 2.60. The number of ether oxygens (including phenoxy) is 1. The monoisotopic (exact) mass is 328 g/mol. The molecule has 0 spiro atoms. The summed E-state index contributed by atoms with van der Waals surface area (Å²) in [6.07, 6.45) is 1.26. The van der Waals surface area contributed by atoms with E-state index in [0.29, 0.717) is 25.3 Å². The first kappa shape index (κ1) is 17.6. The van der Waals surface area contributed by atoms with E-state index in [0.717, 1.165) is 5.56 Å². The fraction of sp³-hybridized carbons (Fsp3) is 0.278. The van der Waals surface area contributed by atoms with E-state index in [1.165, 1.54) is 18.3 Å². The molecule has 2 rings (SSSR count). The standard InChI is InChI=1S/C18H20N2O4/c1-13(11-24-12-14-5-3-2-4-6-14)9-20-17(21)15-7-8-16(18(22)23)19-10-15/h2-8,10,13H,9,11-12H2,1H3,(H,20,21)(H,22,23). The van der Waals surface area contributed by atoms with Gasteiger partial charge in [-0.3, -0.25) is 4.79 Å². The molecule has 0 fully saturated rings. The molecule has 126 valence electrons. The Labute approximate surface area is 140 Å². The van der Waals surface area contributed by atoms with Crippen molar-refractivity contribution in [1.29, 1.82) is 0 Å². The molecule has 0 aliphatic heterocycles. The van der Waals surface area contributed by atoms with Crippen molar-refractivity contribution < 1.29 is 19.4 Å². The summed E-state index contributed by atoms with van der Waals surface area (Å²) < 4.78 is 5.63. The summed E-state index contributed by atoms with van der Waals surface area (Å²) in [5, 5.41) is 11.6. The number of amides is 1. The molecule has 1 atom stereocenters. The van der Waals surface area contributed by atoms with E-state index in [4.69, 9.17) is 9.84 Å². The molecule has 6 nitrogen and oxygen atoms in total. The Balaban J connectivity index is 1.71. The molecule has 0 saturated carbocycles. The number of hydrogen-bond acceptors (Lipinski definition) is 4. The van der Waals surface area contributed by atoms with Crippen LogP contribution in [0.5, 0.6) is 0 Å². The number of carbonyl (C=O) groups excluding carboxylic acids is 1. The number of rotatable bonds is 8. The molecule has 2 N–H and O–H groups in total. The van der Waals surface area contributed by atoms with Crippen molar-refractivity contribution in [2.24, 2.45) is 5.92 Å². The molecule has 1 aromatic heterocycles. The third kappa shape index (κ3) is 5.48. The molecule has 24 heavy (non-hydrogen) atoms. The predicted octanol–water partition coefficient (Wildman–Crippen LogP) is 2.36. The Morgan fingerprint density at radius 3 is 2.58 bits per heavy atom. The van der Waals surface area contributed by atoms with Crippen molar-refractivity contribution >= 4 is 11.9 Å². The van der Waals surface area contributed by atoms with Crippen molar-refractivity contribution in [1.82, 2.24) is 10.3 Å². The summed E-state index contributed by atoms with van der Waals surface area (Å²) in [6, 6.07) is 12.6. The number of nitrogens with zero attached hydrogens (tertiary/aromatic N) is 1. The first-order valence-corrected chi connectivity index (χ1v) is 7.65. The zero-order valence-electron chi connectivity index (χ0n) is 13.4. The number of carboxylic acid groups (broad SMARTS) is 1. The molecule has 6 heteroatoms. The molecular weight excluding hydrogens is 308 g/mol. The van der Waals surface area contributed by atoms with Crippen LogP contribution >= 0.6 is 0 Å². The van der Waals surface area contributed by atoms with Gasteiger partial charge in [0.1, 0.15) is 5.69 Å². The topological polar surface area (TPSA) is 88.5 Å². The van der Waals surface area contributed by atoms with E-state index in [1.54, 1.807) is 0 Å². The Bertz CT molecular complexity index is 671. The molecule has 0 aliphatic carbocycles. The van der Waals surface area contributed by atoms with Gasteiger partial charge in [0.05, 0.1) is 18.8 Å². The minimum absolute atomic E-state index is 0.0887. The first-order valence-electron chi connectivity index (χ1n) is 7.65. The number of nitrogens with one attached hydrogen (secondary N) is 1. The summed E-state index contributed by atoms with van der Waals surface area (Å²) in [6.45, 7) is 3.52. The van der Waals surface area contributed by atoms with Crippen LogP contribution in [0.1, 0.15) is 33.3 Å². The van der Waals surface area contributed by atoms with Gasteiger partial charge in [0.25, 0.3) is 5.91 Å². The predicted molar refractivity (Wildman–Crippen MR) is 88.8 cm³/mol. The number of benzene rings is 1. The van der Waals surface area contributed by atoms with Gasteiger partial charge in [-0.25, -0.2) is 9.78 Å². The van der Waals surface area contributed by atoms with E-state index in [1.807, 2.05) is 37.3 Å². The number of carbonyl (C=O) groups is 2. The summed E-state index contributed by atoms with van der Waals surface area (Å²) >= 11 is 0. The zero-order chi connectivity index (χ0) is 17.4. The number of carboxylic acids is 1. The lowest BCUT2D eigenvalue weighted by atomic mass is 10.2. The Kier molecular flexibility index (Phi) is 6.45. The normalized spacial score (nSPS) is 11.7. The minimum Gasteiger partial charge on any atom is -0.477 e. The SMILES string of the molecule is CC(CNC(=O)c1ccc(C(=O)O)nc1)COCc1ccccc1. The Morgan fingerprint density at radius 1 is 1.21 bits per heavy atom. The van der Waals surface area contributed by atoms with Crippen molar-refractivity contribution in [3.8, 4) is 0 Å². The summed E-state index contributed by atoms with van der Waals surface area (Å²) in [4.78, 5) is 26.4. The second kappa shape index (κ2) is 8.79. The molecule has 0 aliphatic rings. The minimum atomic E-state index is -1.12. The largest absolute Gasteiger partial charge is 0.477 e. The number of pyridine rings is 1. The van der Waals surface area contributed by atoms with Gasteiger partial charge in [-0.05, 0) is 23.6 Å². The van der Waals surface area contributed by atoms with E-state index >= 15 is 0 Å². The van der Waals surface area contributed by atoms with Crippen molar-refractivity contribution in [3.05, 3.63) is 65.5 Å². The van der Waals surface area contributed by atoms with Gasteiger partial charge in [0.2, 0.25) is 0 Å². The second-order valence-electron chi connectivity index (χ2n) is 5.55. The molecule has 1 heterocycles. The molecule has 1 aromatic carbocycles. The third-order valence-electron chi connectivity index (χ3n) is 3.37.